The highest BCUT2D eigenvalue weighted by Crippen LogP contribution is 2.36. The van der Waals surface area contributed by atoms with Crippen molar-refractivity contribution < 1.29 is 23.9 Å². The van der Waals surface area contributed by atoms with E-state index in [1.165, 1.54) is 19.4 Å². The molecule has 0 aliphatic rings. The fourth-order valence-electron chi connectivity index (χ4n) is 2.43. The number of amides is 3. The summed E-state index contributed by atoms with van der Waals surface area (Å²) in [4.78, 5) is 35.6. The molecular weight excluding hydrogens is 471 g/mol. The number of rotatable bonds is 9. The van der Waals surface area contributed by atoms with E-state index in [0.29, 0.717) is 22.7 Å². The Morgan fingerprint density at radius 2 is 1.82 bits per heavy atom. The smallest absolute Gasteiger partial charge is 0.329 e. The Hall–Kier alpha value is -3.30. The lowest BCUT2D eigenvalue weighted by Crippen LogP contribution is -2.41. The summed E-state index contributed by atoms with van der Waals surface area (Å²) in [5.41, 5.74) is 3.18. The third-order valence-electron chi connectivity index (χ3n) is 4.30. The van der Waals surface area contributed by atoms with Crippen LogP contribution in [0.1, 0.15) is 25.8 Å². The Morgan fingerprint density at radius 1 is 1.12 bits per heavy atom. The summed E-state index contributed by atoms with van der Waals surface area (Å²) >= 11 is 12.1. The van der Waals surface area contributed by atoms with E-state index < -0.39 is 17.7 Å². The molecule has 0 aliphatic heterocycles. The van der Waals surface area contributed by atoms with E-state index in [1.807, 2.05) is 6.92 Å². The number of nitrogens with one attached hydrogen (secondary N) is 3. The fourth-order valence-corrected chi connectivity index (χ4v) is 2.83. The molecule has 176 valence electrons. The van der Waals surface area contributed by atoms with Gasteiger partial charge in [0.05, 0.1) is 18.3 Å². The van der Waals surface area contributed by atoms with Crippen LogP contribution in [0, 0.1) is 0 Å². The van der Waals surface area contributed by atoms with Crippen molar-refractivity contribution in [3.8, 4) is 11.5 Å². The molecule has 1 atom stereocenters. The van der Waals surface area contributed by atoms with Gasteiger partial charge in [0.15, 0.2) is 18.1 Å². The summed E-state index contributed by atoms with van der Waals surface area (Å²) < 4.78 is 10.8. The number of ether oxygens (including phenoxy) is 2. The molecular formula is C22H24Cl2N4O5. The summed E-state index contributed by atoms with van der Waals surface area (Å²) in [6, 6.07) is 9.55. The van der Waals surface area contributed by atoms with Crippen LogP contribution in [-0.2, 0) is 14.4 Å². The summed E-state index contributed by atoms with van der Waals surface area (Å²) in [6.45, 7) is 3.36. The van der Waals surface area contributed by atoms with Gasteiger partial charge in [-0.25, -0.2) is 5.43 Å². The van der Waals surface area contributed by atoms with Crippen molar-refractivity contribution in [2.75, 3.05) is 19.0 Å². The standard InChI is InChI=1S/C22H24Cl2N4O5/c1-4-13(2)26-21(30)22(31)28-25-11-14-9-17(24)20(18(10-14)32-3)33-12-19(29)27-16-7-5-15(23)6-8-16/h5-11,13H,4,12H2,1-3H3,(H,26,30)(H,27,29)(H,28,31)/b25-11-/t13-/m0/s1. The molecule has 0 radical (unpaired) electrons. The van der Waals surface area contributed by atoms with Gasteiger partial charge >= 0.3 is 11.8 Å². The second-order valence-corrected chi connectivity index (χ2v) is 7.70. The minimum atomic E-state index is -0.892. The molecule has 0 heterocycles. The molecule has 3 amide bonds. The van der Waals surface area contributed by atoms with Gasteiger partial charge in [0.1, 0.15) is 0 Å². The number of nitrogens with zero attached hydrogens (tertiary/aromatic N) is 1. The second kappa shape index (κ2) is 12.7. The zero-order valence-corrected chi connectivity index (χ0v) is 19.8. The Kier molecular flexibility index (Phi) is 9.96. The highest BCUT2D eigenvalue weighted by atomic mass is 35.5. The zero-order valence-electron chi connectivity index (χ0n) is 18.3. The third-order valence-corrected chi connectivity index (χ3v) is 4.84. The van der Waals surface area contributed by atoms with Crippen LogP contribution in [0.2, 0.25) is 10.0 Å². The molecule has 3 N–H and O–H groups in total. The molecule has 0 bridgehead atoms. The van der Waals surface area contributed by atoms with Crippen molar-refractivity contribution >= 4 is 52.8 Å². The number of carbonyl (C=O) groups excluding carboxylic acids is 3. The summed E-state index contributed by atoms with van der Waals surface area (Å²) in [6.07, 6.45) is 1.98. The summed E-state index contributed by atoms with van der Waals surface area (Å²) in [7, 11) is 1.41. The van der Waals surface area contributed by atoms with Crippen molar-refractivity contribution in [2.24, 2.45) is 5.10 Å². The number of hydrogen-bond donors (Lipinski definition) is 3. The number of anilines is 1. The largest absolute Gasteiger partial charge is 0.493 e. The van der Waals surface area contributed by atoms with Crippen molar-refractivity contribution in [3.63, 3.8) is 0 Å². The van der Waals surface area contributed by atoms with Crippen molar-refractivity contribution in [2.45, 2.75) is 26.3 Å². The zero-order chi connectivity index (χ0) is 24.4. The number of benzene rings is 2. The first kappa shape index (κ1) is 26.0. The number of carbonyl (C=O) groups is 3. The summed E-state index contributed by atoms with van der Waals surface area (Å²) in [5.74, 6) is -1.66. The van der Waals surface area contributed by atoms with E-state index in [-0.39, 0.29) is 29.2 Å². The predicted molar refractivity (Wildman–Crippen MR) is 127 cm³/mol. The number of halogens is 2. The van der Waals surface area contributed by atoms with Crippen LogP contribution in [0.25, 0.3) is 0 Å². The first-order valence-corrected chi connectivity index (χ1v) is 10.7. The highest BCUT2D eigenvalue weighted by Gasteiger charge is 2.16. The average Bonchev–Trinajstić information content (AvgIpc) is 2.79. The van der Waals surface area contributed by atoms with Crippen molar-refractivity contribution in [3.05, 3.63) is 52.0 Å². The second-order valence-electron chi connectivity index (χ2n) is 6.86. The van der Waals surface area contributed by atoms with E-state index in [1.54, 1.807) is 37.3 Å². The van der Waals surface area contributed by atoms with Crippen LogP contribution in [0.4, 0.5) is 5.69 Å². The maximum Gasteiger partial charge on any atom is 0.329 e. The van der Waals surface area contributed by atoms with E-state index >= 15 is 0 Å². The first-order chi connectivity index (χ1) is 15.7. The van der Waals surface area contributed by atoms with Gasteiger partial charge in [-0.3, -0.25) is 14.4 Å². The van der Waals surface area contributed by atoms with Gasteiger partial charge in [0.25, 0.3) is 5.91 Å². The molecule has 2 aromatic carbocycles. The van der Waals surface area contributed by atoms with Gasteiger partial charge in [0, 0.05) is 16.8 Å². The van der Waals surface area contributed by atoms with Gasteiger partial charge in [-0.15, -0.1) is 0 Å². The molecule has 0 saturated carbocycles. The van der Waals surface area contributed by atoms with Gasteiger partial charge in [-0.1, -0.05) is 30.1 Å². The number of methoxy groups -OCH3 is 1. The van der Waals surface area contributed by atoms with E-state index in [2.05, 4.69) is 21.2 Å². The molecule has 0 unspecified atom stereocenters. The number of hydrogen-bond acceptors (Lipinski definition) is 6. The van der Waals surface area contributed by atoms with E-state index in [9.17, 15) is 14.4 Å². The van der Waals surface area contributed by atoms with Crippen molar-refractivity contribution in [1.29, 1.82) is 0 Å². The minimum absolute atomic E-state index is 0.129. The minimum Gasteiger partial charge on any atom is -0.493 e. The Labute approximate surface area is 201 Å². The predicted octanol–water partition coefficient (Wildman–Crippen LogP) is 3.38. The SMILES string of the molecule is CC[C@H](C)NC(=O)C(=O)N/N=C\c1cc(Cl)c(OCC(=O)Nc2ccc(Cl)cc2)c(OC)c1. The number of hydrazone groups is 1. The molecule has 0 saturated heterocycles. The topological polar surface area (TPSA) is 118 Å². The van der Waals surface area contributed by atoms with Gasteiger partial charge in [-0.2, -0.15) is 5.10 Å². The van der Waals surface area contributed by atoms with E-state index in [0.717, 1.165) is 0 Å². The molecule has 9 nitrogen and oxygen atoms in total. The Bertz CT molecular complexity index is 1030. The van der Waals surface area contributed by atoms with Crippen LogP contribution in [0.3, 0.4) is 0 Å². The van der Waals surface area contributed by atoms with Gasteiger partial charge in [-0.05, 0) is 55.3 Å². The van der Waals surface area contributed by atoms with Gasteiger partial charge < -0.3 is 20.1 Å². The Morgan fingerprint density at radius 3 is 2.45 bits per heavy atom. The normalized spacial score (nSPS) is 11.5. The average molecular weight is 495 g/mol. The molecule has 33 heavy (non-hydrogen) atoms. The quantitative estimate of drug-likeness (QED) is 0.280. The van der Waals surface area contributed by atoms with Crippen LogP contribution in [-0.4, -0.2) is 43.7 Å². The maximum absolute atomic E-state index is 12.1. The lowest BCUT2D eigenvalue weighted by atomic mass is 10.2. The molecule has 0 spiro atoms. The molecule has 0 fully saturated rings. The van der Waals surface area contributed by atoms with Crippen LogP contribution in [0.5, 0.6) is 11.5 Å². The van der Waals surface area contributed by atoms with Crippen LogP contribution >= 0.6 is 23.2 Å². The lowest BCUT2D eigenvalue weighted by molar-refractivity contribution is -0.139. The molecule has 11 heteroatoms. The highest BCUT2D eigenvalue weighted by molar-refractivity contribution is 6.35. The lowest BCUT2D eigenvalue weighted by Gasteiger charge is -2.13. The Balaban J connectivity index is 1.98. The molecule has 0 aromatic heterocycles. The molecule has 0 aliphatic carbocycles. The maximum atomic E-state index is 12.1. The summed E-state index contributed by atoms with van der Waals surface area (Å²) in [5, 5.41) is 9.67. The fraction of sp³-hybridized carbons (Fsp3) is 0.273. The van der Waals surface area contributed by atoms with Crippen LogP contribution in [0.15, 0.2) is 41.5 Å². The van der Waals surface area contributed by atoms with Crippen molar-refractivity contribution in [1.82, 2.24) is 10.7 Å². The monoisotopic (exact) mass is 494 g/mol. The molecule has 2 aromatic rings. The molecule has 2 rings (SSSR count). The van der Waals surface area contributed by atoms with E-state index in [4.69, 9.17) is 32.7 Å². The van der Waals surface area contributed by atoms with Gasteiger partial charge in [0.2, 0.25) is 0 Å². The van der Waals surface area contributed by atoms with Crippen LogP contribution < -0.4 is 25.5 Å². The third kappa shape index (κ3) is 8.28. The first-order valence-electron chi connectivity index (χ1n) is 9.93.